The lowest BCUT2D eigenvalue weighted by atomic mass is 9.88. The molecule has 0 fully saturated rings. The average molecular weight is 325 g/mol. The Labute approximate surface area is 137 Å². The Bertz CT molecular complexity index is 573. The van der Waals surface area contributed by atoms with Crippen LogP contribution in [0.15, 0.2) is 0 Å². The fourth-order valence-corrected chi connectivity index (χ4v) is 2.17. The van der Waals surface area contributed by atoms with Crippen molar-refractivity contribution in [3.63, 3.8) is 0 Å². The summed E-state index contributed by atoms with van der Waals surface area (Å²) >= 11 is 0. The number of hydrogen-bond acceptors (Lipinski definition) is 4. The maximum absolute atomic E-state index is 12.0. The molecule has 1 aromatic heterocycles. The van der Waals surface area contributed by atoms with Gasteiger partial charge in [0, 0.05) is 7.05 Å². The molecule has 1 unspecified atom stereocenters. The van der Waals surface area contributed by atoms with Crippen LogP contribution in [-0.4, -0.2) is 39.4 Å². The van der Waals surface area contributed by atoms with Gasteiger partial charge < -0.3 is 15.2 Å². The first-order valence-corrected chi connectivity index (χ1v) is 7.66. The fraction of sp³-hybridized carbons (Fsp3) is 0.688. The average Bonchev–Trinajstić information content (AvgIpc) is 2.64. The van der Waals surface area contributed by atoms with E-state index in [0.717, 1.165) is 5.69 Å². The smallest absolute Gasteiger partial charge is 0.326 e. The number of rotatable bonds is 7. The molecule has 0 radical (unpaired) electrons. The van der Waals surface area contributed by atoms with Crippen LogP contribution in [0.4, 0.5) is 0 Å². The molecule has 1 amide bonds. The number of nitrogens with one attached hydrogen (secondary N) is 1. The second-order valence-electron chi connectivity index (χ2n) is 6.97. The van der Waals surface area contributed by atoms with E-state index >= 15 is 0 Å². The van der Waals surface area contributed by atoms with Gasteiger partial charge in [-0.25, -0.2) is 4.79 Å². The first-order chi connectivity index (χ1) is 10.5. The summed E-state index contributed by atoms with van der Waals surface area (Å²) in [5, 5.41) is 15.9. The van der Waals surface area contributed by atoms with Crippen molar-refractivity contribution < 1.29 is 19.4 Å². The van der Waals surface area contributed by atoms with Crippen molar-refractivity contribution >= 4 is 11.9 Å². The molecule has 130 valence electrons. The molecule has 0 bridgehead atoms. The van der Waals surface area contributed by atoms with E-state index in [9.17, 15) is 14.7 Å². The largest absolute Gasteiger partial charge is 0.480 e. The molecule has 0 spiro atoms. The highest BCUT2D eigenvalue weighted by atomic mass is 16.5. The molecule has 0 aromatic carbocycles. The second kappa shape index (κ2) is 7.48. The van der Waals surface area contributed by atoms with Crippen molar-refractivity contribution in [3.8, 4) is 5.75 Å². The second-order valence-corrected chi connectivity index (χ2v) is 6.97. The van der Waals surface area contributed by atoms with Crippen LogP contribution in [-0.2, 0) is 16.6 Å². The fourth-order valence-electron chi connectivity index (χ4n) is 2.17. The van der Waals surface area contributed by atoms with E-state index < -0.39 is 17.9 Å². The molecular formula is C16H27N3O4. The number of aryl methyl sites for hydroxylation is 2. The molecule has 0 aliphatic carbocycles. The third-order valence-electron chi connectivity index (χ3n) is 3.61. The lowest BCUT2D eigenvalue weighted by Crippen LogP contribution is -2.43. The SMILES string of the molecule is Cc1nn(C)c(C)c1OCC(=O)NC(CCC(C)(C)C)C(=O)O. The number of carboxylic acids is 1. The summed E-state index contributed by atoms with van der Waals surface area (Å²) in [5.41, 5.74) is 1.52. The third-order valence-corrected chi connectivity index (χ3v) is 3.61. The summed E-state index contributed by atoms with van der Waals surface area (Å²) in [5.74, 6) is -0.922. The molecule has 1 aromatic rings. The molecule has 0 saturated heterocycles. The van der Waals surface area contributed by atoms with E-state index in [1.807, 2.05) is 27.7 Å². The van der Waals surface area contributed by atoms with Crippen LogP contribution >= 0.6 is 0 Å². The van der Waals surface area contributed by atoms with Crippen molar-refractivity contribution in [1.29, 1.82) is 0 Å². The molecule has 0 aliphatic heterocycles. The van der Waals surface area contributed by atoms with Crippen molar-refractivity contribution in [1.82, 2.24) is 15.1 Å². The monoisotopic (exact) mass is 325 g/mol. The number of aromatic nitrogens is 2. The van der Waals surface area contributed by atoms with Gasteiger partial charge in [-0.05, 0) is 32.1 Å². The zero-order chi connectivity index (χ0) is 17.8. The first kappa shape index (κ1) is 19.0. The lowest BCUT2D eigenvalue weighted by Gasteiger charge is -2.21. The van der Waals surface area contributed by atoms with E-state index in [2.05, 4.69) is 10.4 Å². The lowest BCUT2D eigenvalue weighted by molar-refractivity contribution is -0.142. The Morgan fingerprint density at radius 3 is 2.39 bits per heavy atom. The summed E-state index contributed by atoms with van der Waals surface area (Å²) in [7, 11) is 1.79. The minimum absolute atomic E-state index is 0.0128. The third kappa shape index (κ3) is 5.92. The Morgan fingerprint density at radius 2 is 1.96 bits per heavy atom. The highest BCUT2D eigenvalue weighted by molar-refractivity contribution is 5.84. The van der Waals surface area contributed by atoms with E-state index in [1.54, 1.807) is 18.7 Å². The van der Waals surface area contributed by atoms with Gasteiger partial charge in [0.15, 0.2) is 12.4 Å². The maximum Gasteiger partial charge on any atom is 0.326 e. The van der Waals surface area contributed by atoms with Crippen LogP contribution < -0.4 is 10.1 Å². The van der Waals surface area contributed by atoms with Crippen LogP contribution in [0.5, 0.6) is 5.75 Å². The number of amides is 1. The molecule has 7 heteroatoms. The number of ether oxygens (including phenoxy) is 1. The summed E-state index contributed by atoms with van der Waals surface area (Å²) in [6.45, 7) is 9.51. The number of nitrogens with zero attached hydrogens (tertiary/aromatic N) is 2. The minimum Gasteiger partial charge on any atom is -0.480 e. The first-order valence-electron chi connectivity index (χ1n) is 7.66. The van der Waals surface area contributed by atoms with Gasteiger partial charge in [-0.1, -0.05) is 20.8 Å². The Hall–Kier alpha value is -2.05. The molecule has 7 nitrogen and oxygen atoms in total. The van der Waals surface area contributed by atoms with Gasteiger partial charge in [-0.2, -0.15) is 5.10 Å². The molecule has 0 aliphatic rings. The highest BCUT2D eigenvalue weighted by Gasteiger charge is 2.23. The Morgan fingerprint density at radius 1 is 1.35 bits per heavy atom. The van der Waals surface area contributed by atoms with Crippen LogP contribution in [0.3, 0.4) is 0 Å². The molecule has 1 rings (SSSR count). The summed E-state index contributed by atoms with van der Waals surface area (Å²) in [6, 6.07) is -0.901. The van der Waals surface area contributed by atoms with Gasteiger partial charge in [-0.3, -0.25) is 9.48 Å². The van der Waals surface area contributed by atoms with Crippen LogP contribution in [0, 0.1) is 19.3 Å². The normalized spacial score (nSPS) is 12.8. The zero-order valence-corrected chi connectivity index (χ0v) is 14.8. The van der Waals surface area contributed by atoms with Gasteiger partial charge in [0.2, 0.25) is 0 Å². The van der Waals surface area contributed by atoms with Crippen molar-refractivity contribution in [2.75, 3.05) is 6.61 Å². The zero-order valence-electron chi connectivity index (χ0n) is 14.8. The summed E-state index contributed by atoms with van der Waals surface area (Å²) < 4.78 is 7.16. The van der Waals surface area contributed by atoms with Crippen molar-refractivity contribution in [2.24, 2.45) is 12.5 Å². The van der Waals surface area contributed by atoms with Crippen LogP contribution in [0.25, 0.3) is 0 Å². The number of carboxylic acid groups (broad SMARTS) is 1. The van der Waals surface area contributed by atoms with Gasteiger partial charge in [-0.15, -0.1) is 0 Å². The van der Waals surface area contributed by atoms with E-state index in [4.69, 9.17) is 4.74 Å². The molecular weight excluding hydrogens is 298 g/mol. The Balaban J connectivity index is 2.57. The number of carbonyl (C=O) groups is 2. The molecule has 23 heavy (non-hydrogen) atoms. The summed E-state index contributed by atoms with van der Waals surface area (Å²) in [6.07, 6.45) is 1.08. The van der Waals surface area contributed by atoms with Gasteiger partial charge in [0.1, 0.15) is 11.7 Å². The number of hydrogen-bond donors (Lipinski definition) is 2. The predicted molar refractivity (Wildman–Crippen MR) is 86.4 cm³/mol. The predicted octanol–water partition coefficient (Wildman–Crippen LogP) is 1.81. The molecule has 1 atom stereocenters. The van der Waals surface area contributed by atoms with Gasteiger partial charge in [0.05, 0.1) is 5.69 Å². The topological polar surface area (TPSA) is 93.5 Å². The van der Waals surface area contributed by atoms with Crippen molar-refractivity contribution in [3.05, 3.63) is 11.4 Å². The maximum atomic E-state index is 12.0. The minimum atomic E-state index is -1.03. The molecule has 2 N–H and O–H groups in total. The standard InChI is InChI=1S/C16H27N3O4/c1-10-14(11(2)19(6)18-10)23-9-13(20)17-12(15(21)22)7-8-16(3,4)5/h12H,7-9H2,1-6H3,(H,17,20)(H,21,22). The van der Waals surface area contributed by atoms with Crippen LogP contribution in [0.1, 0.15) is 45.0 Å². The van der Waals surface area contributed by atoms with Crippen LogP contribution in [0.2, 0.25) is 0 Å². The summed E-state index contributed by atoms with van der Waals surface area (Å²) in [4.78, 5) is 23.2. The highest BCUT2D eigenvalue weighted by Crippen LogP contribution is 2.22. The molecule has 0 saturated carbocycles. The number of carbonyl (C=O) groups excluding carboxylic acids is 1. The van der Waals surface area contributed by atoms with E-state index in [1.165, 1.54) is 0 Å². The number of aliphatic carboxylic acids is 1. The van der Waals surface area contributed by atoms with E-state index in [-0.39, 0.29) is 12.0 Å². The molecule has 1 heterocycles. The van der Waals surface area contributed by atoms with Crippen molar-refractivity contribution in [2.45, 2.75) is 53.5 Å². The van der Waals surface area contributed by atoms with Gasteiger partial charge in [0.25, 0.3) is 5.91 Å². The quantitative estimate of drug-likeness (QED) is 0.797. The van der Waals surface area contributed by atoms with Gasteiger partial charge >= 0.3 is 5.97 Å². The Kier molecular flexibility index (Phi) is 6.18. The van der Waals surface area contributed by atoms with E-state index in [0.29, 0.717) is 24.3 Å².